The minimum atomic E-state index is 0.328. The maximum absolute atomic E-state index is 6.03. The molecule has 18 heavy (non-hydrogen) atoms. The molecule has 0 radical (unpaired) electrons. The molecule has 0 aliphatic carbocycles. The van der Waals surface area contributed by atoms with Gasteiger partial charge in [-0.15, -0.1) is 0 Å². The molecule has 2 heterocycles. The summed E-state index contributed by atoms with van der Waals surface area (Å²) in [6.45, 7) is 6.66. The summed E-state index contributed by atoms with van der Waals surface area (Å²) in [6, 6.07) is 2.14. The monoisotopic (exact) mass is 270 g/mol. The van der Waals surface area contributed by atoms with Crippen LogP contribution in [0.1, 0.15) is 13.8 Å². The van der Waals surface area contributed by atoms with E-state index in [-0.39, 0.29) is 0 Å². The molecule has 5 nitrogen and oxygen atoms in total. The van der Waals surface area contributed by atoms with Crippen molar-refractivity contribution >= 4 is 23.4 Å². The van der Waals surface area contributed by atoms with Gasteiger partial charge in [0, 0.05) is 19.7 Å². The van der Waals surface area contributed by atoms with Crippen LogP contribution in [0.3, 0.4) is 0 Å². The molecule has 1 saturated heterocycles. The molecule has 1 aliphatic rings. The summed E-state index contributed by atoms with van der Waals surface area (Å²) in [5, 5.41) is 3.38. The third-order valence-electron chi connectivity index (χ3n) is 3.13. The van der Waals surface area contributed by atoms with Crippen molar-refractivity contribution in [2.24, 2.45) is 5.92 Å². The van der Waals surface area contributed by atoms with Crippen LogP contribution in [0.25, 0.3) is 0 Å². The number of hydrogen-bond acceptors (Lipinski definition) is 5. The quantitative estimate of drug-likeness (QED) is 0.852. The average molecular weight is 271 g/mol. The zero-order chi connectivity index (χ0) is 13.1. The molecule has 100 valence electrons. The third-order valence-corrected chi connectivity index (χ3v) is 3.33. The number of nitrogens with one attached hydrogen (secondary N) is 1. The Labute approximate surface area is 113 Å². The Hall–Kier alpha value is -1.07. The van der Waals surface area contributed by atoms with Gasteiger partial charge in [-0.05, 0) is 5.92 Å². The number of anilines is 2. The average Bonchev–Trinajstić information content (AvgIpc) is 2.38. The summed E-state index contributed by atoms with van der Waals surface area (Å²) >= 11 is 6.03. The van der Waals surface area contributed by atoms with E-state index in [2.05, 4.69) is 34.0 Å². The van der Waals surface area contributed by atoms with E-state index >= 15 is 0 Å². The lowest BCUT2D eigenvalue weighted by atomic mass is 10.0. The second-order valence-corrected chi connectivity index (χ2v) is 5.09. The number of morpholine rings is 1. The van der Waals surface area contributed by atoms with E-state index in [9.17, 15) is 0 Å². The van der Waals surface area contributed by atoms with E-state index in [1.165, 1.54) is 0 Å². The molecule has 0 unspecified atom stereocenters. The maximum atomic E-state index is 6.03. The Morgan fingerprint density at radius 3 is 2.94 bits per heavy atom. The lowest BCUT2D eigenvalue weighted by Crippen LogP contribution is -2.48. The first kappa shape index (κ1) is 13.4. The van der Waals surface area contributed by atoms with Crippen LogP contribution >= 0.6 is 11.6 Å². The molecule has 0 bridgehead atoms. The Balaban J connectivity index is 2.30. The van der Waals surface area contributed by atoms with Gasteiger partial charge in [0.2, 0.25) is 5.95 Å². The highest BCUT2D eigenvalue weighted by molar-refractivity contribution is 6.29. The van der Waals surface area contributed by atoms with Gasteiger partial charge >= 0.3 is 0 Å². The van der Waals surface area contributed by atoms with Gasteiger partial charge in [0.15, 0.2) is 0 Å². The first-order chi connectivity index (χ1) is 8.61. The second kappa shape index (κ2) is 5.71. The fourth-order valence-electron chi connectivity index (χ4n) is 2.12. The fraction of sp³-hybridized carbons (Fsp3) is 0.667. The highest BCUT2D eigenvalue weighted by atomic mass is 35.5. The van der Waals surface area contributed by atoms with Crippen LogP contribution in [0.2, 0.25) is 5.15 Å². The maximum Gasteiger partial charge on any atom is 0.225 e. The Kier molecular flexibility index (Phi) is 4.24. The van der Waals surface area contributed by atoms with Crippen molar-refractivity contribution in [1.82, 2.24) is 9.97 Å². The van der Waals surface area contributed by atoms with Gasteiger partial charge in [0.1, 0.15) is 11.0 Å². The van der Waals surface area contributed by atoms with Gasteiger partial charge in [0.05, 0.1) is 19.3 Å². The van der Waals surface area contributed by atoms with Crippen molar-refractivity contribution in [3.63, 3.8) is 0 Å². The largest absolute Gasteiger partial charge is 0.377 e. The number of nitrogens with zero attached hydrogens (tertiary/aromatic N) is 3. The Morgan fingerprint density at radius 2 is 2.28 bits per heavy atom. The fourth-order valence-corrected chi connectivity index (χ4v) is 2.30. The van der Waals surface area contributed by atoms with E-state index in [4.69, 9.17) is 16.3 Å². The lowest BCUT2D eigenvalue weighted by Gasteiger charge is -2.38. The molecule has 1 aliphatic heterocycles. The SMILES string of the molecule is CNc1nc(Cl)cc(N2CCOC[C@H]2C(C)C)n1. The molecule has 1 atom stereocenters. The van der Waals surface area contributed by atoms with Gasteiger partial charge in [-0.1, -0.05) is 25.4 Å². The smallest absolute Gasteiger partial charge is 0.225 e. The summed E-state index contributed by atoms with van der Waals surface area (Å²) in [4.78, 5) is 10.8. The van der Waals surface area contributed by atoms with Crippen molar-refractivity contribution in [3.8, 4) is 0 Å². The molecule has 2 rings (SSSR count). The standard InChI is InChI=1S/C12H19ClN4O/c1-8(2)9-7-18-5-4-17(9)11-6-10(13)15-12(14-3)16-11/h6,8-9H,4-5,7H2,1-3H3,(H,14,15,16)/t9-/m0/s1. The van der Waals surface area contributed by atoms with Gasteiger partial charge in [-0.2, -0.15) is 4.98 Å². The topological polar surface area (TPSA) is 50.3 Å². The first-order valence-corrected chi connectivity index (χ1v) is 6.56. The second-order valence-electron chi connectivity index (χ2n) is 4.70. The summed E-state index contributed by atoms with van der Waals surface area (Å²) in [6.07, 6.45) is 0. The van der Waals surface area contributed by atoms with Crippen LogP contribution in [-0.4, -0.2) is 42.8 Å². The van der Waals surface area contributed by atoms with E-state index in [1.807, 2.05) is 6.07 Å². The molecule has 0 saturated carbocycles. The predicted octanol–water partition coefficient (Wildman–Crippen LogP) is 2.03. The van der Waals surface area contributed by atoms with Crippen LogP contribution in [0.4, 0.5) is 11.8 Å². The van der Waals surface area contributed by atoms with Crippen LogP contribution in [0.15, 0.2) is 6.07 Å². The third kappa shape index (κ3) is 2.84. The molecular formula is C12H19ClN4O. The summed E-state index contributed by atoms with van der Waals surface area (Å²) in [5.74, 6) is 1.91. The lowest BCUT2D eigenvalue weighted by molar-refractivity contribution is 0.0802. The number of halogens is 1. The van der Waals surface area contributed by atoms with E-state index < -0.39 is 0 Å². The normalized spacial score (nSPS) is 20.3. The van der Waals surface area contributed by atoms with Gasteiger partial charge in [-0.25, -0.2) is 4.98 Å². The van der Waals surface area contributed by atoms with E-state index in [0.29, 0.717) is 23.1 Å². The predicted molar refractivity (Wildman–Crippen MR) is 73.4 cm³/mol. The molecule has 1 fully saturated rings. The number of aromatic nitrogens is 2. The zero-order valence-corrected chi connectivity index (χ0v) is 11.7. The van der Waals surface area contributed by atoms with Crippen molar-refractivity contribution < 1.29 is 4.74 Å². The highest BCUT2D eigenvalue weighted by Gasteiger charge is 2.27. The molecule has 0 spiro atoms. The molecule has 1 aromatic heterocycles. The minimum Gasteiger partial charge on any atom is -0.377 e. The van der Waals surface area contributed by atoms with Crippen LogP contribution in [-0.2, 0) is 4.74 Å². The molecule has 6 heteroatoms. The highest BCUT2D eigenvalue weighted by Crippen LogP contribution is 2.24. The number of rotatable bonds is 3. The molecule has 0 amide bonds. The summed E-state index contributed by atoms with van der Waals surface area (Å²) in [7, 11) is 1.79. The minimum absolute atomic E-state index is 0.328. The first-order valence-electron chi connectivity index (χ1n) is 6.18. The van der Waals surface area contributed by atoms with Crippen LogP contribution < -0.4 is 10.2 Å². The van der Waals surface area contributed by atoms with E-state index in [1.54, 1.807) is 7.05 Å². The number of ether oxygens (including phenoxy) is 1. The van der Waals surface area contributed by atoms with Crippen molar-refractivity contribution in [2.75, 3.05) is 37.0 Å². The Bertz CT molecular complexity index is 413. The van der Waals surface area contributed by atoms with Crippen molar-refractivity contribution in [1.29, 1.82) is 0 Å². The zero-order valence-electron chi connectivity index (χ0n) is 11.0. The van der Waals surface area contributed by atoms with Gasteiger partial charge in [-0.3, -0.25) is 0 Å². The van der Waals surface area contributed by atoms with Crippen molar-refractivity contribution in [3.05, 3.63) is 11.2 Å². The summed E-state index contributed by atoms with van der Waals surface area (Å²) in [5.41, 5.74) is 0. The molecule has 1 aromatic rings. The van der Waals surface area contributed by atoms with Gasteiger partial charge < -0.3 is 15.0 Å². The molecule has 1 N–H and O–H groups in total. The Morgan fingerprint density at radius 1 is 1.50 bits per heavy atom. The molecule has 0 aromatic carbocycles. The van der Waals surface area contributed by atoms with Crippen LogP contribution in [0, 0.1) is 5.92 Å². The van der Waals surface area contributed by atoms with E-state index in [0.717, 1.165) is 25.6 Å². The van der Waals surface area contributed by atoms with Crippen molar-refractivity contribution in [2.45, 2.75) is 19.9 Å². The number of hydrogen-bond donors (Lipinski definition) is 1. The van der Waals surface area contributed by atoms with Gasteiger partial charge in [0.25, 0.3) is 0 Å². The van der Waals surface area contributed by atoms with Crippen LogP contribution in [0.5, 0.6) is 0 Å². The molecular weight excluding hydrogens is 252 g/mol. The summed E-state index contributed by atoms with van der Waals surface area (Å²) < 4.78 is 5.55.